The van der Waals surface area contributed by atoms with Crippen molar-refractivity contribution in [2.45, 2.75) is 12.8 Å². The summed E-state index contributed by atoms with van der Waals surface area (Å²) < 4.78 is 4.95. The van der Waals surface area contributed by atoms with Crippen LogP contribution in [-0.4, -0.2) is 24.0 Å². The Morgan fingerprint density at radius 3 is 2.53 bits per heavy atom. The fourth-order valence-electron chi connectivity index (χ4n) is 1.02. The third-order valence-corrected chi connectivity index (χ3v) is 1.79. The van der Waals surface area contributed by atoms with E-state index in [-0.39, 0.29) is 19.0 Å². The molecule has 0 aromatic heterocycles. The number of aliphatic hydroxyl groups excluding tert-OH is 1. The zero-order valence-electron chi connectivity index (χ0n) is 8.18. The highest BCUT2D eigenvalue weighted by molar-refractivity contribution is 5.76. The molecule has 0 heterocycles. The highest BCUT2D eigenvalue weighted by atomic mass is 16.5. The molecule has 0 aliphatic carbocycles. The fourth-order valence-corrected chi connectivity index (χ4v) is 1.02. The number of aldehydes is 1. The highest BCUT2D eigenvalue weighted by Crippen LogP contribution is 2.12. The molecule has 15 heavy (non-hydrogen) atoms. The van der Waals surface area contributed by atoms with Gasteiger partial charge in [-0.05, 0) is 30.7 Å². The van der Waals surface area contributed by atoms with Gasteiger partial charge < -0.3 is 9.84 Å². The largest absolute Gasteiger partial charge is 0.427 e. The molecule has 0 bridgehead atoms. The molecule has 4 heteroatoms. The average molecular weight is 208 g/mol. The van der Waals surface area contributed by atoms with Crippen LogP contribution in [0.4, 0.5) is 0 Å². The first-order chi connectivity index (χ1) is 7.26. The van der Waals surface area contributed by atoms with E-state index in [9.17, 15) is 9.59 Å². The minimum atomic E-state index is -0.386. The van der Waals surface area contributed by atoms with Crippen molar-refractivity contribution in [3.05, 3.63) is 29.8 Å². The second-order valence-electron chi connectivity index (χ2n) is 2.99. The van der Waals surface area contributed by atoms with Crippen molar-refractivity contribution < 1.29 is 19.4 Å². The van der Waals surface area contributed by atoms with Crippen LogP contribution in [0.5, 0.6) is 5.75 Å². The van der Waals surface area contributed by atoms with Gasteiger partial charge in [-0.25, -0.2) is 0 Å². The summed E-state index contributed by atoms with van der Waals surface area (Å²) in [5, 5.41) is 8.50. The predicted molar refractivity (Wildman–Crippen MR) is 53.8 cm³/mol. The molecule has 0 saturated carbocycles. The number of carbonyl (C=O) groups excluding carboxylic acids is 2. The van der Waals surface area contributed by atoms with Crippen molar-refractivity contribution in [3.63, 3.8) is 0 Å². The maximum absolute atomic E-state index is 11.1. The zero-order chi connectivity index (χ0) is 11.1. The van der Waals surface area contributed by atoms with E-state index in [2.05, 4.69) is 0 Å². The van der Waals surface area contributed by atoms with Crippen LogP contribution in [0.2, 0.25) is 0 Å². The summed E-state index contributed by atoms with van der Waals surface area (Å²) in [6.45, 7) is -0.0286. The van der Waals surface area contributed by atoms with E-state index in [0.29, 0.717) is 17.7 Å². The zero-order valence-corrected chi connectivity index (χ0v) is 8.18. The van der Waals surface area contributed by atoms with Crippen LogP contribution in [0.1, 0.15) is 23.2 Å². The van der Waals surface area contributed by atoms with E-state index in [1.165, 1.54) is 0 Å². The van der Waals surface area contributed by atoms with Gasteiger partial charge in [0.15, 0.2) is 0 Å². The van der Waals surface area contributed by atoms with Gasteiger partial charge in [-0.15, -0.1) is 0 Å². The monoisotopic (exact) mass is 208 g/mol. The molecule has 0 radical (unpaired) electrons. The molecule has 0 atom stereocenters. The Kier molecular flexibility index (Phi) is 4.50. The number of aliphatic hydroxyl groups is 1. The first-order valence-corrected chi connectivity index (χ1v) is 4.63. The fraction of sp³-hybridized carbons (Fsp3) is 0.273. The Labute approximate surface area is 87.5 Å². The summed E-state index contributed by atoms with van der Waals surface area (Å²) in [7, 11) is 0. The first kappa shape index (κ1) is 11.4. The van der Waals surface area contributed by atoms with Gasteiger partial charge in [-0.1, -0.05) is 0 Å². The normalized spacial score (nSPS) is 9.67. The number of benzene rings is 1. The summed E-state index contributed by atoms with van der Waals surface area (Å²) >= 11 is 0. The molecule has 0 aliphatic heterocycles. The minimum absolute atomic E-state index is 0.0286. The third-order valence-electron chi connectivity index (χ3n) is 1.79. The van der Waals surface area contributed by atoms with Gasteiger partial charge >= 0.3 is 5.97 Å². The van der Waals surface area contributed by atoms with E-state index in [1.54, 1.807) is 24.3 Å². The molecule has 0 spiro atoms. The summed E-state index contributed by atoms with van der Waals surface area (Å²) in [6.07, 6.45) is 1.30. The van der Waals surface area contributed by atoms with E-state index < -0.39 is 0 Å². The molecular formula is C11H12O4. The van der Waals surface area contributed by atoms with E-state index in [0.717, 1.165) is 6.29 Å². The summed E-state index contributed by atoms with van der Waals surface area (Å²) in [5.41, 5.74) is 0.533. The maximum Gasteiger partial charge on any atom is 0.311 e. The second kappa shape index (κ2) is 5.93. The number of hydrogen-bond donors (Lipinski definition) is 1. The Hall–Kier alpha value is -1.68. The van der Waals surface area contributed by atoms with Crippen LogP contribution < -0.4 is 4.74 Å². The van der Waals surface area contributed by atoms with Crippen LogP contribution in [0.25, 0.3) is 0 Å². The van der Waals surface area contributed by atoms with Gasteiger partial charge in [-0.2, -0.15) is 0 Å². The molecule has 1 aromatic carbocycles. The molecule has 0 saturated heterocycles. The molecule has 0 fully saturated rings. The Morgan fingerprint density at radius 1 is 1.33 bits per heavy atom. The lowest BCUT2D eigenvalue weighted by atomic mass is 10.2. The number of rotatable bonds is 5. The van der Waals surface area contributed by atoms with Crippen molar-refractivity contribution in [2.75, 3.05) is 6.61 Å². The van der Waals surface area contributed by atoms with Crippen LogP contribution in [0.3, 0.4) is 0 Å². The topological polar surface area (TPSA) is 63.6 Å². The van der Waals surface area contributed by atoms with E-state index in [1.807, 2.05) is 0 Å². The van der Waals surface area contributed by atoms with Crippen molar-refractivity contribution in [1.29, 1.82) is 0 Å². The van der Waals surface area contributed by atoms with Crippen LogP contribution in [-0.2, 0) is 4.79 Å². The van der Waals surface area contributed by atoms with Gasteiger partial charge in [0.1, 0.15) is 12.0 Å². The van der Waals surface area contributed by atoms with Crippen LogP contribution >= 0.6 is 0 Å². The summed E-state index contributed by atoms with van der Waals surface area (Å²) in [4.78, 5) is 21.5. The number of ether oxygens (including phenoxy) is 1. The lowest BCUT2D eigenvalue weighted by Gasteiger charge is -2.03. The number of hydrogen-bond acceptors (Lipinski definition) is 4. The Balaban J connectivity index is 2.49. The van der Waals surface area contributed by atoms with Gasteiger partial charge in [0.2, 0.25) is 0 Å². The van der Waals surface area contributed by atoms with Gasteiger partial charge in [0.05, 0.1) is 0 Å². The molecule has 1 N–H and O–H groups in total. The SMILES string of the molecule is O=Cc1ccc(OC(=O)CCCO)cc1. The second-order valence-corrected chi connectivity index (χ2v) is 2.99. The Bertz CT molecular complexity index is 329. The molecule has 1 rings (SSSR count). The third kappa shape index (κ3) is 3.91. The minimum Gasteiger partial charge on any atom is -0.427 e. The molecular weight excluding hydrogens is 196 g/mol. The van der Waals surface area contributed by atoms with Crippen LogP contribution in [0, 0.1) is 0 Å². The Morgan fingerprint density at radius 2 is 2.00 bits per heavy atom. The number of esters is 1. The molecule has 1 aromatic rings. The molecule has 4 nitrogen and oxygen atoms in total. The van der Waals surface area contributed by atoms with Crippen molar-refractivity contribution in [1.82, 2.24) is 0 Å². The molecule has 0 unspecified atom stereocenters. The van der Waals surface area contributed by atoms with Crippen molar-refractivity contribution >= 4 is 12.3 Å². The standard InChI is InChI=1S/C11H12O4/c12-7-1-2-11(14)15-10-5-3-9(8-13)4-6-10/h3-6,8,12H,1-2,7H2. The van der Waals surface area contributed by atoms with Crippen molar-refractivity contribution in [3.8, 4) is 5.75 Å². The maximum atomic E-state index is 11.1. The van der Waals surface area contributed by atoms with Crippen LogP contribution in [0.15, 0.2) is 24.3 Å². The predicted octanol–water partition coefficient (Wildman–Crippen LogP) is 1.18. The summed E-state index contributed by atoms with van der Waals surface area (Å²) in [5.74, 6) is 0.0199. The lowest BCUT2D eigenvalue weighted by Crippen LogP contribution is -2.08. The molecule has 0 aliphatic rings. The molecule has 80 valence electrons. The quantitative estimate of drug-likeness (QED) is 0.448. The summed E-state index contributed by atoms with van der Waals surface area (Å²) in [6, 6.07) is 6.25. The lowest BCUT2D eigenvalue weighted by molar-refractivity contribution is -0.134. The van der Waals surface area contributed by atoms with Gasteiger partial charge in [0.25, 0.3) is 0 Å². The van der Waals surface area contributed by atoms with Crippen molar-refractivity contribution in [2.24, 2.45) is 0 Å². The van der Waals surface area contributed by atoms with Gasteiger partial charge in [-0.3, -0.25) is 9.59 Å². The molecule has 0 amide bonds. The smallest absolute Gasteiger partial charge is 0.311 e. The average Bonchev–Trinajstić information content (AvgIpc) is 2.27. The number of carbonyl (C=O) groups is 2. The first-order valence-electron chi connectivity index (χ1n) is 4.63. The van der Waals surface area contributed by atoms with Gasteiger partial charge in [0, 0.05) is 18.6 Å². The van der Waals surface area contributed by atoms with E-state index in [4.69, 9.17) is 9.84 Å². The van der Waals surface area contributed by atoms with E-state index >= 15 is 0 Å². The highest BCUT2D eigenvalue weighted by Gasteiger charge is 2.03.